The summed E-state index contributed by atoms with van der Waals surface area (Å²) < 4.78 is 1.58. The third-order valence-corrected chi connectivity index (χ3v) is 1.82. The number of aromatic nitrogens is 4. The molecule has 0 amide bonds. The van der Waals surface area contributed by atoms with Crippen molar-refractivity contribution in [3.05, 3.63) is 36.5 Å². The molecule has 0 aromatic carbocycles. The fourth-order valence-corrected chi connectivity index (χ4v) is 1.21. The molecule has 2 heterocycles. The SMILES string of the molecule is C[C@@H](O)c1nccnc1-n1cccn1. The molecule has 2 rings (SSSR count). The van der Waals surface area contributed by atoms with E-state index in [9.17, 15) is 5.11 Å². The molecular weight excluding hydrogens is 180 g/mol. The van der Waals surface area contributed by atoms with E-state index in [1.807, 2.05) is 0 Å². The van der Waals surface area contributed by atoms with E-state index < -0.39 is 6.10 Å². The third kappa shape index (κ3) is 1.49. The first-order valence-corrected chi connectivity index (χ1v) is 4.28. The first-order chi connectivity index (χ1) is 6.79. The van der Waals surface area contributed by atoms with Gasteiger partial charge in [-0.3, -0.25) is 4.98 Å². The maximum atomic E-state index is 9.46. The van der Waals surface area contributed by atoms with Gasteiger partial charge in [-0.2, -0.15) is 5.10 Å². The second-order valence-corrected chi connectivity index (χ2v) is 2.89. The minimum Gasteiger partial charge on any atom is -0.387 e. The molecule has 1 atom stereocenters. The predicted molar refractivity (Wildman–Crippen MR) is 49.8 cm³/mol. The van der Waals surface area contributed by atoms with Crippen LogP contribution in [0.5, 0.6) is 0 Å². The van der Waals surface area contributed by atoms with Crippen LogP contribution in [0.4, 0.5) is 0 Å². The molecule has 5 nitrogen and oxygen atoms in total. The number of rotatable bonds is 2. The number of nitrogens with zero attached hydrogens (tertiary/aromatic N) is 4. The largest absolute Gasteiger partial charge is 0.387 e. The highest BCUT2D eigenvalue weighted by atomic mass is 16.3. The number of hydrogen-bond donors (Lipinski definition) is 1. The van der Waals surface area contributed by atoms with Gasteiger partial charge in [-0.15, -0.1) is 0 Å². The highest BCUT2D eigenvalue weighted by Gasteiger charge is 2.11. The molecule has 14 heavy (non-hydrogen) atoms. The molecule has 0 saturated heterocycles. The Morgan fingerprint density at radius 2 is 2.07 bits per heavy atom. The summed E-state index contributed by atoms with van der Waals surface area (Å²) in [6.45, 7) is 1.65. The Hall–Kier alpha value is -1.75. The van der Waals surface area contributed by atoms with E-state index in [-0.39, 0.29) is 0 Å². The van der Waals surface area contributed by atoms with Crippen molar-refractivity contribution in [2.75, 3.05) is 0 Å². The van der Waals surface area contributed by atoms with Crippen LogP contribution < -0.4 is 0 Å². The quantitative estimate of drug-likeness (QED) is 0.757. The van der Waals surface area contributed by atoms with Crippen LogP contribution >= 0.6 is 0 Å². The van der Waals surface area contributed by atoms with Gasteiger partial charge in [0.05, 0.1) is 6.10 Å². The Balaban J connectivity index is 2.53. The highest BCUT2D eigenvalue weighted by molar-refractivity contribution is 5.27. The summed E-state index contributed by atoms with van der Waals surface area (Å²) in [4.78, 5) is 8.18. The van der Waals surface area contributed by atoms with Crippen molar-refractivity contribution in [2.24, 2.45) is 0 Å². The van der Waals surface area contributed by atoms with Crippen LogP contribution in [0.3, 0.4) is 0 Å². The number of hydrogen-bond acceptors (Lipinski definition) is 4. The zero-order valence-electron chi connectivity index (χ0n) is 7.70. The molecule has 5 heteroatoms. The highest BCUT2D eigenvalue weighted by Crippen LogP contribution is 2.14. The maximum absolute atomic E-state index is 9.46. The summed E-state index contributed by atoms with van der Waals surface area (Å²) in [5.74, 6) is 0.563. The van der Waals surface area contributed by atoms with E-state index in [0.717, 1.165) is 0 Å². The van der Waals surface area contributed by atoms with Crippen LogP contribution in [-0.2, 0) is 0 Å². The van der Waals surface area contributed by atoms with E-state index in [1.165, 1.54) is 0 Å². The van der Waals surface area contributed by atoms with Gasteiger partial charge in [0.15, 0.2) is 5.82 Å². The van der Waals surface area contributed by atoms with Gasteiger partial charge < -0.3 is 5.11 Å². The van der Waals surface area contributed by atoms with Crippen LogP contribution in [0.1, 0.15) is 18.7 Å². The molecule has 2 aromatic heterocycles. The van der Waals surface area contributed by atoms with E-state index in [0.29, 0.717) is 11.5 Å². The van der Waals surface area contributed by atoms with Crippen LogP contribution in [-0.4, -0.2) is 24.9 Å². The molecule has 0 aliphatic carbocycles. The smallest absolute Gasteiger partial charge is 0.177 e. The monoisotopic (exact) mass is 190 g/mol. The Morgan fingerprint density at radius 1 is 1.29 bits per heavy atom. The fourth-order valence-electron chi connectivity index (χ4n) is 1.21. The molecule has 0 spiro atoms. The van der Waals surface area contributed by atoms with Crippen molar-refractivity contribution in [3.8, 4) is 5.82 Å². The summed E-state index contributed by atoms with van der Waals surface area (Å²) in [5.41, 5.74) is 0.524. The molecule has 0 aliphatic rings. The van der Waals surface area contributed by atoms with Crippen molar-refractivity contribution in [1.29, 1.82) is 0 Å². The van der Waals surface area contributed by atoms with Gasteiger partial charge in [-0.25, -0.2) is 9.67 Å². The average Bonchev–Trinajstić information content (AvgIpc) is 2.70. The van der Waals surface area contributed by atoms with Gasteiger partial charge in [0.2, 0.25) is 0 Å². The van der Waals surface area contributed by atoms with Gasteiger partial charge in [0.1, 0.15) is 5.69 Å². The molecular formula is C9H10N4O. The lowest BCUT2D eigenvalue weighted by Crippen LogP contribution is -2.07. The lowest BCUT2D eigenvalue weighted by molar-refractivity contribution is 0.193. The minimum absolute atomic E-state index is 0.524. The predicted octanol–water partition coefficient (Wildman–Crippen LogP) is 0.716. The van der Waals surface area contributed by atoms with Gasteiger partial charge in [-0.1, -0.05) is 0 Å². The van der Waals surface area contributed by atoms with Crippen LogP contribution in [0, 0.1) is 0 Å². The van der Waals surface area contributed by atoms with Crippen LogP contribution in [0.25, 0.3) is 5.82 Å². The molecule has 72 valence electrons. The molecule has 0 radical (unpaired) electrons. The third-order valence-electron chi connectivity index (χ3n) is 1.82. The van der Waals surface area contributed by atoms with Crippen molar-refractivity contribution in [1.82, 2.24) is 19.7 Å². The van der Waals surface area contributed by atoms with E-state index in [2.05, 4.69) is 15.1 Å². The number of aliphatic hydroxyl groups is 1. The lowest BCUT2D eigenvalue weighted by Gasteiger charge is -2.08. The summed E-state index contributed by atoms with van der Waals surface area (Å²) in [6.07, 6.45) is 5.89. The topological polar surface area (TPSA) is 63.8 Å². The van der Waals surface area contributed by atoms with Crippen molar-refractivity contribution < 1.29 is 5.11 Å². The normalized spacial score (nSPS) is 12.7. The molecule has 0 saturated carbocycles. The maximum Gasteiger partial charge on any atom is 0.177 e. The first-order valence-electron chi connectivity index (χ1n) is 4.28. The second-order valence-electron chi connectivity index (χ2n) is 2.89. The molecule has 0 aliphatic heterocycles. The van der Waals surface area contributed by atoms with Crippen LogP contribution in [0.15, 0.2) is 30.9 Å². The summed E-state index contributed by atoms with van der Waals surface area (Å²) in [7, 11) is 0. The molecule has 1 N–H and O–H groups in total. The Kier molecular flexibility index (Phi) is 2.24. The zero-order valence-corrected chi connectivity index (χ0v) is 7.70. The van der Waals surface area contributed by atoms with Gasteiger partial charge >= 0.3 is 0 Å². The Labute approximate surface area is 81.1 Å². The average molecular weight is 190 g/mol. The van der Waals surface area contributed by atoms with Gasteiger partial charge in [0, 0.05) is 24.8 Å². The molecule has 0 fully saturated rings. The van der Waals surface area contributed by atoms with Gasteiger partial charge in [-0.05, 0) is 13.0 Å². The van der Waals surface area contributed by atoms with E-state index in [4.69, 9.17) is 0 Å². The van der Waals surface area contributed by atoms with Crippen molar-refractivity contribution in [2.45, 2.75) is 13.0 Å². The molecule has 0 unspecified atom stereocenters. The lowest BCUT2D eigenvalue weighted by atomic mass is 10.3. The van der Waals surface area contributed by atoms with Crippen LogP contribution in [0.2, 0.25) is 0 Å². The summed E-state index contributed by atoms with van der Waals surface area (Å²) in [6, 6.07) is 1.79. The Bertz CT molecular complexity index is 411. The fraction of sp³-hybridized carbons (Fsp3) is 0.222. The van der Waals surface area contributed by atoms with E-state index >= 15 is 0 Å². The minimum atomic E-state index is -0.650. The summed E-state index contributed by atoms with van der Waals surface area (Å²) in [5, 5.41) is 13.5. The van der Waals surface area contributed by atoms with Crippen molar-refractivity contribution >= 4 is 0 Å². The molecule has 0 bridgehead atoms. The second kappa shape index (κ2) is 3.55. The first kappa shape index (κ1) is 8.83. The van der Waals surface area contributed by atoms with Gasteiger partial charge in [0.25, 0.3) is 0 Å². The number of aliphatic hydroxyl groups excluding tert-OH is 1. The zero-order chi connectivity index (χ0) is 9.97. The standard InChI is InChI=1S/C9H10N4O/c1-7(14)8-9(11-5-4-10-8)13-6-2-3-12-13/h2-7,14H,1H3/t7-/m1/s1. The van der Waals surface area contributed by atoms with E-state index in [1.54, 1.807) is 42.5 Å². The summed E-state index contributed by atoms with van der Waals surface area (Å²) >= 11 is 0. The Morgan fingerprint density at radius 3 is 2.71 bits per heavy atom. The molecule has 2 aromatic rings. The van der Waals surface area contributed by atoms with Crippen molar-refractivity contribution in [3.63, 3.8) is 0 Å².